The van der Waals surface area contributed by atoms with Gasteiger partial charge in [-0.25, -0.2) is 4.79 Å². The van der Waals surface area contributed by atoms with Crippen molar-refractivity contribution in [2.24, 2.45) is 0 Å². The Balaban J connectivity index is 1.94. The van der Waals surface area contributed by atoms with Crippen molar-refractivity contribution in [3.05, 3.63) is 18.2 Å². The highest BCUT2D eigenvalue weighted by Gasteiger charge is 2.20. The van der Waals surface area contributed by atoms with Gasteiger partial charge in [-0.15, -0.1) is 0 Å². The lowest BCUT2D eigenvalue weighted by Gasteiger charge is -2.21. The van der Waals surface area contributed by atoms with Crippen molar-refractivity contribution in [1.29, 1.82) is 0 Å². The van der Waals surface area contributed by atoms with Crippen LogP contribution in [0.1, 0.15) is 12.8 Å². The van der Waals surface area contributed by atoms with Gasteiger partial charge in [0.25, 0.3) is 0 Å². The second-order valence-electron chi connectivity index (χ2n) is 5.65. The Morgan fingerprint density at radius 1 is 1.33 bits per heavy atom. The predicted octanol–water partition coefficient (Wildman–Crippen LogP) is 2.36. The van der Waals surface area contributed by atoms with Crippen molar-refractivity contribution in [1.82, 2.24) is 4.90 Å². The van der Waals surface area contributed by atoms with Gasteiger partial charge in [0.1, 0.15) is 6.61 Å². The Kier molecular flexibility index (Phi) is 7.14. The van der Waals surface area contributed by atoms with Crippen molar-refractivity contribution >= 4 is 11.7 Å². The number of nitrogens with zero attached hydrogens (tertiary/aromatic N) is 1. The minimum Gasteiger partial charge on any atom is -0.493 e. The van der Waals surface area contributed by atoms with E-state index in [9.17, 15) is 4.79 Å². The largest absolute Gasteiger partial charge is 0.493 e. The minimum atomic E-state index is -0.182. The predicted molar refractivity (Wildman–Crippen MR) is 91.0 cm³/mol. The molecule has 1 fully saturated rings. The smallest absolute Gasteiger partial charge is 0.321 e. The molecule has 0 saturated carbocycles. The molecule has 1 heterocycles. The summed E-state index contributed by atoms with van der Waals surface area (Å²) in [4.78, 5) is 13.9. The van der Waals surface area contributed by atoms with E-state index in [0.717, 1.165) is 19.4 Å². The summed E-state index contributed by atoms with van der Waals surface area (Å²) < 4.78 is 21.4. The second kappa shape index (κ2) is 9.34. The number of likely N-dealkylation sites (N-methyl/N-ethyl adjacent to an activating group) is 1. The fourth-order valence-electron chi connectivity index (χ4n) is 2.50. The van der Waals surface area contributed by atoms with Crippen LogP contribution in [0.5, 0.6) is 11.5 Å². The van der Waals surface area contributed by atoms with Gasteiger partial charge in [0.05, 0.1) is 19.8 Å². The monoisotopic (exact) mass is 338 g/mol. The summed E-state index contributed by atoms with van der Waals surface area (Å²) in [6.07, 6.45) is 2.18. The van der Waals surface area contributed by atoms with E-state index < -0.39 is 0 Å². The number of benzene rings is 1. The number of methoxy groups -OCH3 is 2. The van der Waals surface area contributed by atoms with Crippen LogP contribution in [0.15, 0.2) is 18.2 Å². The van der Waals surface area contributed by atoms with E-state index >= 15 is 0 Å². The first-order valence-corrected chi connectivity index (χ1v) is 8.07. The maximum atomic E-state index is 12.3. The number of ether oxygens (including phenoxy) is 4. The molecule has 0 unspecified atom stereocenters. The van der Waals surface area contributed by atoms with E-state index in [1.807, 2.05) is 0 Å². The quantitative estimate of drug-likeness (QED) is 0.737. The molecule has 1 atom stereocenters. The number of hydrogen-bond acceptors (Lipinski definition) is 5. The molecule has 0 spiro atoms. The SMILES string of the molecule is COCCOc1cc(NC(=O)N(C)C[C@@H]2CCCO2)ccc1OC. The molecule has 0 bridgehead atoms. The zero-order valence-electron chi connectivity index (χ0n) is 14.5. The molecule has 1 aromatic carbocycles. The van der Waals surface area contributed by atoms with Gasteiger partial charge in [-0.1, -0.05) is 0 Å². The number of anilines is 1. The van der Waals surface area contributed by atoms with Crippen molar-refractivity contribution in [2.45, 2.75) is 18.9 Å². The molecule has 1 N–H and O–H groups in total. The van der Waals surface area contributed by atoms with Gasteiger partial charge in [-0.05, 0) is 25.0 Å². The minimum absolute atomic E-state index is 0.129. The number of rotatable bonds is 8. The Morgan fingerprint density at radius 2 is 2.17 bits per heavy atom. The number of hydrogen-bond donors (Lipinski definition) is 1. The summed E-state index contributed by atoms with van der Waals surface area (Å²) in [5.74, 6) is 1.17. The highest BCUT2D eigenvalue weighted by atomic mass is 16.5. The fourth-order valence-corrected chi connectivity index (χ4v) is 2.50. The highest BCUT2D eigenvalue weighted by molar-refractivity contribution is 5.89. The maximum absolute atomic E-state index is 12.3. The Hall–Kier alpha value is -1.99. The first kappa shape index (κ1) is 18.4. The Labute approximate surface area is 142 Å². The average Bonchev–Trinajstić information content (AvgIpc) is 3.08. The van der Waals surface area contributed by atoms with E-state index in [4.69, 9.17) is 18.9 Å². The van der Waals surface area contributed by atoms with Gasteiger partial charge in [-0.2, -0.15) is 0 Å². The Morgan fingerprint density at radius 3 is 2.83 bits per heavy atom. The number of carbonyl (C=O) groups is 1. The molecule has 0 aromatic heterocycles. The molecule has 0 aliphatic carbocycles. The average molecular weight is 338 g/mol. The zero-order valence-corrected chi connectivity index (χ0v) is 14.5. The summed E-state index contributed by atoms with van der Waals surface area (Å²) in [6.45, 7) is 2.24. The molecule has 2 rings (SSSR count). The molecule has 1 aliphatic rings. The third-order valence-corrected chi connectivity index (χ3v) is 3.81. The van der Waals surface area contributed by atoms with Crippen LogP contribution in [0, 0.1) is 0 Å². The number of nitrogens with one attached hydrogen (secondary N) is 1. The lowest BCUT2D eigenvalue weighted by molar-refractivity contribution is 0.0894. The number of urea groups is 1. The molecule has 134 valence electrons. The summed E-state index contributed by atoms with van der Waals surface area (Å²) in [5, 5.41) is 2.86. The molecule has 1 aromatic rings. The first-order chi connectivity index (χ1) is 11.6. The van der Waals surface area contributed by atoms with Gasteiger partial charge in [0.15, 0.2) is 11.5 Å². The van der Waals surface area contributed by atoms with E-state index in [1.165, 1.54) is 0 Å². The zero-order chi connectivity index (χ0) is 17.4. The molecule has 0 radical (unpaired) electrons. The summed E-state index contributed by atoms with van der Waals surface area (Å²) in [7, 11) is 4.95. The third-order valence-electron chi connectivity index (χ3n) is 3.81. The molecule has 1 aliphatic heterocycles. The first-order valence-electron chi connectivity index (χ1n) is 8.07. The van der Waals surface area contributed by atoms with E-state index in [-0.39, 0.29) is 12.1 Å². The van der Waals surface area contributed by atoms with Crippen LogP contribution < -0.4 is 14.8 Å². The van der Waals surface area contributed by atoms with Crippen LogP contribution in [0.3, 0.4) is 0 Å². The van der Waals surface area contributed by atoms with Crippen LogP contribution in [0.4, 0.5) is 10.5 Å². The van der Waals surface area contributed by atoms with Gasteiger partial charge in [0, 0.05) is 39.1 Å². The molecule has 2 amide bonds. The van der Waals surface area contributed by atoms with Crippen molar-refractivity contribution in [3.63, 3.8) is 0 Å². The van der Waals surface area contributed by atoms with Gasteiger partial charge in [-0.3, -0.25) is 0 Å². The molecular formula is C17H26N2O5. The maximum Gasteiger partial charge on any atom is 0.321 e. The van der Waals surface area contributed by atoms with Gasteiger partial charge >= 0.3 is 6.03 Å². The molecule has 7 heteroatoms. The third kappa shape index (κ3) is 5.28. The summed E-state index contributed by atoms with van der Waals surface area (Å²) in [6, 6.07) is 5.10. The van der Waals surface area contributed by atoms with Crippen LogP contribution in [-0.2, 0) is 9.47 Å². The van der Waals surface area contributed by atoms with Gasteiger partial charge < -0.3 is 29.2 Å². The second-order valence-corrected chi connectivity index (χ2v) is 5.65. The number of carbonyl (C=O) groups excluding carboxylic acids is 1. The summed E-state index contributed by atoms with van der Waals surface area (Å²) >= 11 is 0. The van der Waals surface area contributed by atoms with Crippen LogP contribution in [0.25, 0.3) is 0 Å². The fraction of sp³-hybridized carbons (Fsp3) is 0.588. The van der Waals surface area contributed by atoms with Crippen LogP contribution in [-0.4, -0.2) is 64.7 Å². The van der Waals surface area contributed by atoms with E-state index in [0.29, 0.717) is 36.9 Å². The molecule has 1 saturated heterocycles. The van der Waals surface area contributed by atoms with Crippen LogP contribution >= 0.6 is 0 Å². The topological polar surface area (TPSA) is 69.3 Å². The number of amides is 2. The normalized spacial score (nSPS) is 16.7. The Bertz CT molecular complexity index is 532. The van der Waals surface area contributed by atoms with Crippen LogP contribution in [0.2, 0.25) is 0 Å². The van der Waals surface area contributed by atoms with E-state index in [1.54, 1.807) is 44.4 Å². The molecule has 7 nitrogen and oxygen atoms in total. The molecule has 24 heavy (non-hydrogen) atoms. The van der Waals surface area contributed by atoms with Crippen molar-refractivity contribution in [3.8, 4) is 11.5 Å². The van der Waals surface area contributed by atoms with Crippen molar-refractivity contribution < 1.29 is 23.7 Å². The lowest BCUT2D eigenvalue weighted by atomic mass is 10.2. The molecular weight excluding hydrogens is 312 g/mol. The standard InChI is InChI=1S/C17H26N2O5/c1-19(12-14-5-4-8-23-14)17(20)18-13-6-7-15(22-3)16(11-13)24-10-9-21-2/h6-7,11,14H,4-5,8-10,12H2,1-3H3,(H,18,20)/t14-/m0/s1. The van der Waals surface area contributed by atoms with E-state index in [2.05, 4.69) is 5.32 Å². The highest BCUT2D eigenvalue weighted by Crippen LogP contribution is 2.30. The van der Waals surface area contributed by atoms with Crippen molar-refractivity contribution in [2.75, 3.05) is 52.9 Å². The van der Waals surface area contributed by atoms with Gasteiger partial charge in [0.2, 0.25) is 0 Å². The lowest BCUT2D eigenvalue weighted by Crippen LogP contribution is -2.37. The summed E-state index contributed by atoms with van der Waals surface area (Å²) in [5.41, 5.74) is 0.646.